The molecular formula is C19H29N3O6Si. The highest BCUT2D eigenvalue weighted by molar-refractivity contribution is 6.74. The zero-order valence-corrected chi connectivity index (χ0v) is 18.6. The third-order valence-corrected chi connectivity index (χ3v) is 9.76. The number of hydrogen-bond donors (Lipinski definition) is 1. The molecule has 1 heterocycles. The Kier molecular flexibility index (Phi) is 7.01. The van der Waals surface area contributed by atoms with Crippen LogP contribution in [0, 0.1) is 16.0 Å². The van der Waals surface area contributed by atoms with Crippen LogP contribution >= 0.6 is 0 Å². The number of rotatable bonds is 6. The number of nitro groups is 1. The quantitative estimate of drug-likeness (QED) is 0.425. The fraction of sp³-hybridized carbons (Fsp3) is 0.579. The van der Waals surface area contributed by atoms with Gasteiger partial charge in [0.2, 0.25) is 14.2 Å². The topological polar surface area (TPSA) is 111 Å². The number of carbonyl (C=O) groups excluding carboxylic acids is 2. The molecule has 0 spiro atoms. The summed E-state index contributed by atoms with van der Waals surface area (Å²) in [5.41, 5.74) is 3.23. The average Bonchev–Trinajstić information content (AvgIpc) is 3.14. The van der Waals surface area contributed by atoms with Crippen molar-refractivity contribution in [1.82, 2.24) is 10.4 Å². The first-order valence-corrected chi connectivity index (χ1v) is 12.4. The normalized spacial score (nSPS) is 17.1. The zero-order valence-electron chi connectivity index (χ0n) is 17.6. The van der Waals surface area contributed by atoms with Gasteiger partial charge in [0.25, 0.3) is 5.69 Å². The predicted octanol–water partition coefficient (Wildman–Crippen LogP) is 3.61. The van der Waals surface area contributed by atoms with E-state index in [-0.39, 0.29) is 35.7 Å². The van der Waals surface area contributed by atoms with E-state index in [1.807, 2.05) is 13.1 Å². The van der Waals surface area contributed by atoms with Crippen molar-refractivity contribution in [2.24, 2.45) is 5.92 Å². The van der Waals surface area contributed by atoms with Crippen molar-refractivity contribution in [3.63, 3.8) is 0 Å². The van der Waals surface area contributed by atoms with E-state index in [9.17, 15) is 19.7 Å². The van der Waals surface area contributed by atoms with Crippen LogP contribution in [0.4, 0.5) is 10.5 Å². The standard InChI is InChI=1S/C19H29N3O6Si/c1-19(2,3)29(4,5)28-20-17(23)15-10-11-21(12-15)18(24)27-13-14-6-8-16(9-7-14)22(25)26/h6-9,15H,10-13H2,1-5H3,(H,20,23)/t15-/m1/s1. The molecule has 1 fully saturated rings. The number of carbonyl (C=O) groups is 2. The summed E-state index contributed by atoms with van der Waals surface area (Å²) in [6.07, 6.45) is 0.0308. The molecule has 0 bridgehead atoms. The Balaban J connectivity index is 1.80. The Morgan fingerprint density at radius 1 is 1.28 bits per heavy atom. The summed E-state index contributed by atoms with van der Waals surface area (Å²) in [4.78, 5) is 36.3. The molecule has 29 heavy (non-hydrogen) atoms. The van der Waals surface area contributed by atoms with Crippen LogP contribution in [0.25, 0.3) is 0 Å². The largest absolute Gasteiger partial charge is 0.445 e. The smallest absolute Gasteiger partial charge is 0.410 e. The number of non-ortho nitro benzene ring substituents is 1. The Labute approximate surface area is 171 Å². The van der Waals surface area contributed by atoms with Crippen molar-refractivity contribution in [2.75, 3.05) is 13.1 Å². The molecular weight excluding hydrogens is 394 g/mol. The van der Waals surface area contributed by atoms with Crippen molar-refractivity contribution in [3.05, 3.63) is 39.9 Å². The Hall–Kier alpha value is -2.46. The third kappa shape index (κ3) is 6.01. The molecule has 2 amide bonds. The first-order chi connectivity index (χ1) is 13.4. The summed E-state index contributed by atoms with van der Waals surface area (Å²) in [7, 11) is -2.10. The number of nitrogens with one attached hydrogen (secondary N) is 1. The number of amides is 2. The number of ether oxygens (including phenoxy) is 1. The van der Waals surface area contributed by atoms with Crippen LogP contribution in [-0.2, 0) is 20.7 Å². The van der Waals surface area contributed by atoms with Gasteiger partial charge in [0.1, 0.15) is 6.61 Å². The Morgan fingerprint density at radius 2 is 1.90 bits per heavy atom. The molecule has 10 heteroatoms. The van der Waals surface area contributed by atoms with Gasteiger partial charge in [0.05, 0.1) is 10.8 Å². The molecule has 0 aliphatic carbocycles. The molecule has 1 aromatic rings. The maximum absolute atomic E-state index is 12.4. The van der Waals surface area contributed by atoms with Gasteiger partial charge in [-0.25, -0.2) is 10.3 Å². The van der Waals surface area contributed by atoms with E-state index in [1.165, 1.54) is 17.0 Å². The van der Waals surface area contributed by atoms with E-state index < -0.39 is 19.3 Å². The van der Waals surface area contributed by atoms with Gasteiger partial charge in [0.15, 0.2) is 0 Å². The average molecular weight is 424 g/mol. The van der Waals surface area contributed by atoms with Crippen molar-refractivity contribution in [2.45, 2.75) is 51.9 Å². The minimum atomic E-state index is -2.10. The summed E-state index contributed by atoms with van der Waals surface area (Å²) < 4.78 is 11.0. The van der Waals surface area contributed by atoms with Crippen molar-refractivity contribution >= 4 is 26.0 Å². The lowest BCUT2D eigenvalue weighted by Crippen LogP contribution is -2.48. The van der Waals surface area contributed by atoms with Crippen molar-refractivity contribution in [1.29, 1.82) is 0 Å². The summed E-state index contributed by atoms with van der Waals surface area (Å²) in [6.45, 7) is 11.1. The molecule has 1 saturated heterocycles. The number of likely N-dealkylation sites (tertiary alicyclic amines) is 1. The number of nitrogens with zero attached hydrogens (tertiary/aromatic N) is 2. The lowest BCUT2D eigenvalue weighted by Gasteiger charge is -2.35. The highest BCUT2D eigenvalue weighted by Gasteiger charge is 2.40. The molecule has 1 N–H and O–H groups in total. The van der Waals surface area contributed by atoms with Crippen LogP contribution in [0.5, 0.6) is 0 Å². The van der Waals surface area contributed by atoms with E-state index in [1.54, 1.807) is 12.1 Å². The fourth-order valence-electron chi connectivity index (χ4n) is 2.50. The van der Waals surface area contributed by atoms with E-state index in [0.717, 1.165) is 0 Å². The molecule has 2 rings (SSSR count). The van der Waals surface area contributed by atoms with Crippen LogP contribution < -0.4 is 5.48 Å². The lowest BCUT2D eigenvalue weighted by atomic mass is 10.1. The van der Waals surface area contributed by atoms with Crippen molar-refractivity contribution in [3.8, 4) is 0 Å². The second-order valence-electron chi connectivity index (χ2n) is 8.74. The highest BCUT2D eigenvalue weighted by Crippen LogP contribution is 2.36. The summed E-state index contributed by atoms with van der Waals surface area (Å²) in [5.74, 6) is -0.563. The molecule has 1 aromatic carbocycles. The van der Waals surface area contributed by atoms with E-state index >= 15 is 0 Å². The van der Waals surface area contributed by atoms with Crippen LogP contribution in [-0.4, -0.2) is 43.2 Å². The highest BCUT2D eigenvalue weighted by atomic mass is 28.4. The number of hydroxylamine groups is 1. The van der Waals surface area contributed by atoms with Crippen LogP contribution in [0.1, 0.15) is 32.8 Å². The first kappa shape index (κ1) is 22.8. The molecule has 0 aromatic heterocycles. The predicted molar refractivity (Wildman–Crippen MR) is 109 cm³/mol. The molecule has 1 aliphatic heterocycles. The molecule has 9 nitrogen and oxygen atoms in total. The Morgan fingerprint density at radius 3 is 2.45 bits per heavy atom. The second-order valence-corrected chi connectivity index (χ2v) is 13.5. The SMILES string of the molecule is CC(C)(C)[Si](C)(C)ONC(=O)[C@@H]1CCN(C(=O)OCc2ccc([N+](=O)[O-])cc2)C1. The molecule has 0 saturated carbocycles. The van der Waals surface area contributed by atoms with Crippen LogP contribution in [0.2, 0.25) is 18.1 Å². The van der Waals surface area contributed by atoms with Gasteiger partial charge < -0.3 is 14.2 Å². The molecule has 1 atom stereocenters. The zero-order chi connectivity index (χ0) is 21.8. The first-order valence-electron chi connectivity index (χ1n) is 9.53. The number of nitro benzene ring substituents is 1. The van der Waals surface area contributed by atoms with Gasteiger partial charge in [-0.1, -0.05) is 20.8 Å². The van der Waals surface area contributed by atoms with Crippen LogP contribution in [0.3, 0.4) is 0 Å². The third-order valence-electron chi connectivity index (χ3n) is 5.54. The van der Waals surface area contributed by atoms with E-state index in [4.69, 9.17) is 9.26 Å². The minimum Gasteiger partial charge on any atom is -0.445 e. The lowest BCUT2D eigenvalue weighted by molar-refractivity contribution is -0.384. The van der Waals surface area contributed by atoms with E-state index in [0.29, 0.717) is 18.5 Å². The summed E-state index contributed by atoms with van der Waals surface area (Å²) in [6, 6.07) is 5.82. The van der Waals surface area contributed by atoms with Gasteiger partial charge in [-0.3, -0.25) is 14.9 Å². The van der Waals surface area contributed by atoms with Crippen LogP contribution in [0.15, 0.2) is 24.3 Å². The molecule has 1 aliphatic rings. The fourth-order valence-corrected chi connectivity index (χ4v) is 3.17. The molecule has 0 radical (unpaired) electrons. The number of benzene rings is 1. The van der Waals surface area contributed by atoms with Gasteiger partial charge in [0, 0.05) is 25.2 Å². The second kappa shape index (κ2) is 8.91. The van der Waals surface area contributed by atoms with Crippen molar-refractivity contribution < 1.29 is 23.8 Å². The minimum absolute atomic E-state index is 0.0126. The summed E-state index contributed by atoms with van der Waals surface area (Å²) >= 11 is 0. The maximum atomic E-state index is 12.4. The van der Waals surface area contributed by atoms with Gasteiger partial charge in [-0.15, -0.1) is 0 Å². The Bertz CT molecular complexity index is 760. The molecule has 0 unspecified atom stereocenters. The maximum Gasteiger partial charge on any atom is 0.410 e. The number of hydrogen-bond acceptors (Lipinski definition) is 6. The van der Waals surface area contributed by atoms with Gasteiger partial charge in [-0.05, 0) is 42.2 Å². The summed E-state index contributed by atoms with van der Waals surface area (Å²) in [5, 5.41) is 10.6. The molecule has 160 valence electrons. The van der Waals surface area contributed by atoms with E-state index in [2.05, 4.69) is 26.3 Å². The monoisotopic (exact) mass is 423 g/mol. The van der Waals surface area contributed by atoms with Gasteiger partial charge in [-0.2, -0.15) is 0 Å². The van der Waals surface area contributed by atoms with Gasteiger partial charge >= 0.3 is 6.09 Å².